The minimum Gasteiger partial charge on any atom is -0.326 e. The Kier molecular flexibility index (Phi) is 1.85. The van der Waals surface area contributed by atoms with Crippen LogP contribution in [0.2, 0.25) is 0 Å². The van der Waals surface area contributed by atoms with E-state index in [4.69, 9.17) is 0 Å². The summed E-state index contributed by atoms with van der Waals surface area (Å²) in [7, 11) is 0. The highest BCUT2D eigenvalue weighted by Crippen LogP contribution is 2.18. The van der Waals surface area contributed by atoms with Crippen LogP contribution in [0.3, 0.4) is 0 Å². The van der Waals surface area contributed by atoms with Crippen LogP contribution >= 0.6 is 0 Å². The van der Waals surface area contributed by atoms with E-state index in [1.807, 2.05) is 24.4 Å². The molecule has 0 spiro atoms. The van der Waals surface area contributed by atoms with E-state index in [0.717, 1.165) is 17.8 Å². The summed E-state index contributed by atoms with van der Waals surface area (Å²) in [6.45, 7) is 2.26. The van der Waals surface area contributed by atoms with Crippen LogP contribution in [0, 0.1) is 0 Å². The van der Waals surface area contributed by atoms with Crippen molar-refractivity contribution in [3.05, 3.63) is 29.3 Å². The van der Waals surface area contributed by atoms with Crippen molar-refractivity contribution in [2.24, 2.45) is 4.99 Å². The standard InChI is InChI=1S/C10H10N2O/c1-7(13)12-10-3-2-8-5-11-6-9(8)4-10/h2-4,6H,5H2,1H3,(H,12,13). The monoisotopic (exact) mass is 174 g/mol. The first-order valence-corrected chi connectivity index (χ1v) is 4.16. The molecule has 1 aromatic carbocycles. The maximum Gasteiger partial charge on any atom is 0.221 e. The number of hydrogen-bond acceptors (Lipinski definition) is 2. The smallest absolute Gasteiger partial charge is 0.221 e. The minimum absolute atomic E-state index is 0.0464. The lowest BCUT2D eigenvalue weighted by Crippen LogP contribution is -2.05. The molecule has 1 amide bonds. The summed E-state index contributed by atoms with van der Waals surface area (Å²) in [6.07, 6.45) is 1.83. The van der Waals surface area contributed by atoms with Crippen LogP contribution in [0.25, 0.3) is 0 Å². The summed E-state index contributed by atoms with van der Waals surface area (Å²) in [4.78, 5) is 14.9. The number of benzene rings is 1. The Morgan fingerprint density at radius 2 is 2.38 bits per heavy atom. The van der Waals surface area contributed by atoms with Gasteiger partial charge in [0.05, 0.1) is 6.54 Å². The van der Waals surface area contributed by atoms with Gasteiger partial charge in [-0.15, -0.1) is 0 Å². The van der Waals surface area contributed by atoms with Gasteiger partial charge in [0, 0.05) is 18.8 Å². The van der Waals surface area contributed by atoms with Gasteiger partial charge in [-0.1, -0.05) is 6.07 Å². The van der Waals surface area contributed by atoms with Crippen LogP contribution in [0.4, 0.5) is 5.69 Å². The van der Waals surface area contributed by atoms with Gasteiger partial charge in [0.25, 0.3) is 0 Å². The van der Waals surface area contributed by atoms with Crippen molar-refractivity contribution in [2.75, 3.05) is 5.32 Å². The van der Waals surface area contributed by atoms with Crippen LogP contribution < -0.4 is 5.32 Å². The molecule has 0 bridgehead atoms. The lowest BCUT2D eigenvalue weighted by Gasteiger charge is -2.03. The molecular weight excluding hydrogens is 164 g/mol. The minimum atomic E-state index is -0.0464. The van der Waals surface area contributed by atoms with Crippen LogP contribution in [0.15, 0.2) is 23.2 Å². The first-order chi connectivity index (χ1) is 6.25. The number of nitrogens with one attached hydrogen (secondary N) is 1. The number of rotatable bonds is 1. The van der Waals surface area contributed by atoms with Crippen LogP contribution in [0.1, 0.15) is 18.1 Å². The zero-order valence-electron chi connectivity index (χ0n) is 7.37. The number of anilines is 1. The van der Waals surface area contributed by atoms with E-state index < -0.39 is 0 Å². The molecule has 0 aliphatic carbocycles. The average molecular weight is 174 g/mol. The molecule has 2 rings (SSSR count). The second-order valence-corrected chi connectivity index (χ2v) is 3.06. The SMILES string of the molecule is CC(=O)Nc1ccc2c(c1)C=NC2. The Bertz CT molecular complexity index is 383. The number of amides is 1. The van der Waals surface area contributed by atoms with E-state index in [1.54, 1.807) is 0 Å². The van der Waals surface area contributed by atoms with Gasteiger partial charge in [-0.05, 0) is 23.3 Å². The third-order valence-electron chi connectivity index (χ3n) is 1.96. The third-order valence-corrected chi connectivity index (χ3v) is 1.96. The molecule has 1 N–H and O–H groups in total. The van der Waals surface area contributed by atoms with E-state index in [9.17, 15) is 4.79 Å². The molecule has 1 aliphatic rings. The Morgan fingerprint density at radius 1 is 1.54 bits per heavy atom. The van der Waals surface area contributed by atoms with E-state index >= 15 is 0 Å². The summed E-state index contributed by atoms with van der Waals surface area (Å²) >= 11 is 0. The first kappa shape index (κ1) is 7.98. The summed E-state index contributed by atoms with van der Waals surface area (Å²) in [5.74, 6) is -0.0464. The van der Waals surface area contributed by atoms with Crippen molar-refractivity contribution in [1.29, 1.82) is 0 Å². The molecule has 1 heterocycles. The highest BCUT2D eigenvalue weighted by Gasteiger charge is 2.06. The number of fused-ring (bicyclic) bond motifs is 1. The number of nitrogens with zero attached hydrogens (tertiary/aromatic N) is 1. The number of carbonyl (C=O) groups is 1. The summed E-state index contributed by atoms with van der Waals surface area (Å²) in [5.41, 5.74) is 3.15. The largest absolute Gasteiger partial charge is 0.326 e. The Morgan fingerprint density at radius 3 is 3.15 bits per heavy atom. The van der Waals surface area contributed by atoms with Crippen molar-refractivity contribution < 1.29 is 4.79 Å². The van der Waals surface area contributed by atoms with Gasteiger partial charge in [-0.2, -0.15) is 0 Å². The molecule has 0 aromatic heterocycles. The fourth-order valence-corrected chi connectivity index (χ4v) is 1.38. The van der Waals surface area contributed by atoms with Crippen LogP contribution in [-0.2, 0) is 11.3 Å². The highest BCUT2D eigenvalue weighted by molar-refractivity contribution is 5.91. The lowest BCUT2D eigenvalue weighted by molar-refractivity contribution is -0.114. The maximum absolute atomic E-state index is 10.8. The molecule has 13 heavy (non-hydrogen) atoms. The first-order valence-electron chi connectivity index (χ1n) is 4.16. The fraction of sp³-hybridized carbons (Fsp3) is 0.200. The van der Waals surface area contributed by atoms with Gasteiger partial charge in [0.15, 0.2) is 0 Å². The molecular formula is C10H10N2O. The molecule has 3 nitrogen and oxygen atoms in total. The Labute approximate surface area is 76.5 Å². The molecule has 0 radical (unpaired) electrons. The molecule has 0 saturated carbocycles. The van der Waals surface area contributed by atoms with Crippen molar-refractivity contribution in [3.63, 3.8) is 0 Å². The van der Waals surface area contributed by atoms with Crippen LogP contribution in [-0.4, -0.2) is 12.1 Å². The van der Waals surface area contributed by atoms with Crippen LogP contribution in [0.5, 0.6) is 0 Å². The van der Waals surface area contributed by atoms with Crippen molar-refractivity contribution in [1.82, 2.24) is 0 Å². The third kappa shape index (κ3) is 1.59. The van der Waals surface area contributed by atoms with Gasteiger partial charge >= 0.3 is 0 Å². The fourth-order valence-electron chi connectivity index (χ4n) is 1.38. The van der Waals surface area contributed by atoms with E-state index in [-0.39, 0.29) is 5.91 Å². The maximum atomic E-state index is 10.8. The van der Waals surface area contributed by atoms with E-state index in [2.05, 4.69) is 10.3 Å². The van der Waals surface area contributed by atoms with Gasteiger partial charge in [-0.25, -0.2) is 0 Å². The normalized spacial score (nSPS) is 12.7. The van der Waals surface area contributed by atoms with Crippen molar-refractivity contribution in [3.8, 4) is 0 Å². The second-order valence-electron chi connectivity index (χ2n) is 3.06. The van der Waals surface area contributed by atoms with Gasteiger partial charge in [-0.3, -0.25) is 9.79 Å². The zero-order valence-corrected chi connectivity index (χ0v) is 7.37. The van der Waals surface area contributed by atoms with Gasteiger partial charge in [0.1, 0.15) is 0 Å². The molecule has 0 unspecified atom stereocenters. The number of hydrogen-bond donors (Lipinski definition) is 1. The number of carbonyl (C=O) groups excluding carboxylic acids is 1. The topological polar surface area (TPSA) is 41.5 Å². The molecule has 0 saturated heterocycles. The lowest BCUT2D eigenvalue weighted by atomic mass is 10.1. The molecule has 1 aromatic rings. The molecule has 0 atom stereocenters. The quantitative estimate of drug-likeness (QED) is 0.690. The summed E-state index contributed by atoms with van der Waals surface area (Å²) in [5, 5.41) is 2.73. The Balaban J connectivity index is 2.30. The molecule has 0 fully saturated rings. The molecule has 66 valence electrons. The zero-order chi connectivity index (χ0) is 9.26. The predicted molar refractivity (Wildman–Crippen MR) is 52.0 cm³/mol. The highest BCUT2D eigenvalue weighted by atomic mass is 16.1. The van der Waals surface area contributed by atoms with E-state index in [1.165, 1.54) is 12.5 Å². The molecule has 3 heteroatoms. The summed E-state index contributed by atoms with van der Waals surface area (Å²) in [6, 6.07) is 5.83. The second kappa shape index (κ2) is 3.01. The Hall–Kier alpha value is -1.64. The van der Waals surface area contributed by atoms with Gasteiger partial charge in [0.2, 0.25) is 5.91 Å². The van der Waals surface area contributed by atoms with Crippen molar-refractivity contribution >= 4 is 17.8 Å². The molecule has 1 aliphatic heterocycles. The van der Waals surface area contributed by atoms with Gasteiger partial charge < -0.3 is 5.32 Å². The van der Waals surface area contributed by atoms with E-state index in [0.29, 0.717) is 0 Å². The average Bonchev–Trinajstić information content (AvgIpc) is 2.49. The summed E-state index contributed by atoms with van der Waals surface area (Å²) < 4.78 is 0. The number of aliphatic imine (C=N–C) groups is 1. The predicted octanol–water partition coefficient (Wildman–Crippen LogP) is 1.58. The van der Waals surface area contributed by atoms with Crippen molar-refractivity contribution in [2.45, 2.75) is 13.5 Å².